The lowest BCUT2D eigenvalue weighted by molar-refractivity contribution is -0.104. The molecule has 2 heteroatoms. The molecular formula is C12H11NO. The van der Waals surface area contributed by atoms with Gasteiger partial charge in [-0.25, -0.2) is 0 Å². The molecular weight excluding hydrogens is 174 g/mol. The van der Waals surface area contributed by atoms with Gasteiger partial charge >= 0.3 is 0 Å². The van der Waals surface area contributed by atoms with Crippen molar-refractivity contribution in [3.8, 4) is 0 Å². The molecule has 0 aliphatic carbocycles. The van der Waals surface area contributed by atoms with Crippen LogP contribution < -0.4 is 0 Å². The monoisotopic (exact) mass is 185 g/mol. The zero-order chi connectivity index (χ0) is 10.2. The molecule has 0 amide bonds. The van der Waals surface area contributed by atoms with E-state index < -0.39 is 0 Å². The highest BCUT2D eigenvalue weighted by molar-refractivity contribution is 5.77. The standard InChI is InChI=1S/C9H7N.C3H4O/c1-2-6-9-8(4-1)5-3-7-10-9;1-2-3-4/h1-7H;2-3H,1H2. The Morgan fingerprint density at radius 1 is 1.14 bits per heavy atom. The molecule has 1 heterocycles. The van der Waals surface area contributed by atoms with Gasteiger partial charge < -0.3 is 0 Å². The summed E-state index contributed by atoms with van der Waals surface area (Å²) >= 11 is 0. The first-order valence-corrected chi connectivity index (χ1v) is 4.24. The molecule has 0 atom stereocenters. The van der Waals surface area contributed by atoms with Crippen molar-refractivity contribution in [2.75, 3.05) is 0 Å². The van der Waals surface area contributed by atoms with Gasteiger partial charge in [0, 0.05) is 11.6 Å². The van der Waals surface area contributed by atoms with Crippen LogP contribution in [0, 0.1) is 0 Å². The number of carbonyl (C=O) groups is 1. The Morgan fingerprint density at radius 2 is 1.79 bits per heavy atom. The summed E-state index contributed by atoms with van der Waals surface area (Å²) in [5, 5.41) is 1.20. The van der Waals surface area contributed by atoms with Crippen molar-refractivity contribution in [1.82, 2.24) is 4.98 Å². The first kappa shape index (κ1) is 10.1. The molecule has 0 bridgehead atoms. The molecule has 0 spiro atoms. The molecule has 0 saturated carbocycles. The number of aldehydes is 1. The van der Waals surface area contributed by atoms with Crippen LogP contribution in [0.15, 0.2) is 55.3 Å². The first-order valence-electron chi connectivity index (χ1n) is 4.24. The number of benzene rings is 1. The first-order chi connectivity index (χ1) is 6.88. The van der Waals surface area contributed by atoms with Crippen LogP contribution in [0.4, 0.5) is 0 Å². The van der Waals surface area contributed by atoms with Crippen LogP contribution in [0.2, 0.25) is 0 Å². The van der Waals surface area contributed by atoms with Crippen molar-refractivity contribution in [2.24, 2.45) is 0 Å². The van der Waals surface area contributed by atoms with E-state index in [0.29, 0.717) is 6.29 Å². The highest BCUT2D eigenvalue weighted by Gasteiger charge is 1.86. The fourth-order valence-electron chi connectivity index (χ4n) is 1.02. The minimum atomic E-state index is 0.639. The Kier molecular flexibility index (Phi) is 4.08. The summed E-state index contributed by atoms with van der Waals surface area (Å²) in [5.74, 6) is 0. The predicted octanol–water partition coefficient (Wildman–Crippen LogP) is 2.61. The minimum absolute atomic E-state index is 0.639. The molecule has 0 N–H and O–H groups in total. The number of aromatic nitrogens is 1. The lowest BCUT2D eigenvalue weighted by atomic mass is 10.2. The van der Waals surface area contributed by atoms with E-state index in [-0.39, 0.29) is 0 Å². The van der Waals surface area contributed by atoms with Crippen LogP contribution in [0.1, 0.15) is 0 Å². The third-order valence-corrected chi connectivity index (χ3v) is 1.61. The van der Waals surface area contributed by atoms with E-state index in [1.165, 1.54) is 11.5 Å². The number of para-hydroxylation sites is 1. The van der Waals surface area contributed by atoms with E-state index >= 15 is 0 Å². The van der Waals surface area contributed by atoms with Gasteiger partial charge in [0.15, 0.2) is 0 Å². The fourth-order valence-corrected chi connectivity index (χ4v) is 1.02. The maximum absolute atomic E-state index is 9.06. The maximum Gasteiger partial charge on any atom is 0.142 e. The zero-order valence-electron chi connectivity index (χ0n) is 7.76. The third kappa shape index (κ3) is 2.83. The summed E-state index contributed by atoms with van der Waals surface area (Å²) in [7, 11) is 0. The molecule has 0 saturated heterocycles. The van der Waals surface area contributed by atoms with Crippen molar-refractivity contribution in [2.45, 2.75) is 0 Å². The Labute approximate surface area is 82.9 Å². The van der Waals surface area contributed by atoms with E-state index in [2.05, 4.69) is 23.7 Å². The van der Waals surface area contributed by atoms with Gasteiger partial charge in [-0.15, -0.1) is 0 Å². The second-order valence-corrected chi connectivity index (χ2v) is 2.57. The predicted molar refractivity (Wildman–Crippen MR) is 58.0 cm³/mol. The summed E-state index contributed by atoms with van der Waals surface area (Å²) in [6.45, 7) is 3.11. The number of fused-ring (bicyclic) bond motifs is 1. The van der Waals surface area contributed by atoms with Crippen molar-refractivity contribution in [3.05, 3.63) is 55.3 Å². The summed E-state index contributed by atoms with van der Waals surface area (Å²) < 4.78 is 0. The van der Waals surface area contributed by atoms with Crippen molar-refractivity contribution in [3.63, 3.8) is 0 Å². The quantitative estimate of drug-likeness (QED) is 0.505. The van der Waals surface area contributed by atoms with Crippen LogP contribution in [0.25, 0.3) is 10.9 Å². The summed E-state index contributed by atoms with van der Waals surface area (Å²) in [5.41, 5.74) is 1.06. The Hall–Kier alpha value is -1.96. The van der Waals surface area contributed by atoms with Gasteiger partial charge in [0.05, 0.1) is 5.52 Å². The van der Waals surface area contributed by atoms with Gasteiger partial charge in [0.2, 0.25) is 0 Å². The molecule has 0 aliphatic heterocycles. The molecule has 1 aromatic heterocycles. The van der Waals surface area contributed by atoms with Crippen LogP contribution >= 0.6 is 0 Å². The van der Waals surface area contributed by atoms with Gasteiger partial charge in [-0.1, -0.05) is 30.8 Å². The summed E-state index contributed by atoms with van der Waals surface area (Å²) in [4.78, 5) is 13.2. The van der Waals surface area contributed by atoms with Crippen LogP contribution in [0.5, 0.6) is 0 Å². The molecule has 0 unspecified atom stereocenters. The van der Waals surface area contributed by atoms with Crippen LogP contribution in [-0.2, 0) is 4.79 Å². The van der Waals surface area contributed by atoms with Gasteiger partial charge in [0.25, 0.3) is 0 Å². The zero-order valence-corrected chi connectivity index (χ0v) is 7.76. The molecule has 2 rings (SSSR count). The number of allylic oxidation sites excluding steroid dienone is 1. The fraction of sp³-hybridized carbons (Fsp3) is 0. The second-order valence-electron chi connectivity index (χ2n) is 2.57. The molecule has 0 fully saturated rings. The van der Waals surface area contributed by atoms with E-state index in [9.17, 15) is 0 Å². The second kappa shape index (κ2) is 5.65. The SMILES string of the molecule is C=CC=O.c1ccc2ncccc2c1. The smallest absolute Gasteiger partial charge is 0.142 e. The van der Waals surface area contributed by atoms with Crippen molar-refractivity contribution >= 4 is 17.2 Å². The molecule has 2 aromatic rings. The summed E-state index contributed by atoms with van der Waals surface area (Å²) in [6.07, 6.45) is 3.64. The van der Waals surface area contributed by atoms with Crippen LogP contribution in [-0.4, -0.2) is 11.3 Å². The molecule has 1 aromatic carbocycles. The van der Waals surface area contributed by atoms with Gasteiger partial charge in [-0.3, -0.25) is 9.78 Å². The van der Waals surface area contributed by atoms with Gasteiger partial charge in [0.1, 0.15) is 6.29 Å². The normalized spacial score (nSPS) is 8.57. The molecule has 70 valence electrons. The molecule has 0 radical (unpaired) electrons. The molecule has 14 heavy (non-hydrogen) atoms. The number of carbonyl (C=O) groups excluding carboxylic acids is 1. The number of hydrogen-bond acceptors (Lipinski definition) is 2. The Balaban J connectivity index is 0.000000213. The number of nitrogens with zero attached hydrogens (tertiary/aromatic N) is 1. The van der Waals surface area contributed by atoms with Gasteiger partial charge in [-0.05, 0) is 18.2 Å². The van der Waals surface area contributed by atoms with Crippen molar-refractivity contribution < 1.29 is 4.79 Å². The third-order valence-electron chi connectivity index (χ3n) is 1.61. The summed E-state index contributed by atoms with van der Waals surface area (Å²) in [6, 6.07) is 12.1. The highest BCUT2D eigenvalue weighted by Crippen LogP contribution is 2.07. The Morgan fingerprint density at radius 3 is 2.43 bits per heavy atom. The largest absolute Gasteiger partial charge is 0.299 e. The lowest BCUT2D eigenvalue weighted by Crippen LogP contribution is -1.73. The lowest BCUT2D eigenvalue weighted by Gasteiger charge is -1.91. The van der Waals surface area contributed by atoms with E-state index in [0.717, 1.165) is 5.52 Å². The molecule has 0 aliphatic rings. The topological polar surface area (TPSA) is 30.0 Å². The average Bonchev–Trinajstić information content (AvgIpc) is 2.30. The van der Waals surface area contributed by atoms with Crippen LogP contribution in [0.3, 0.4) is 0 Å². The van der Waals surface area contributed by atoms with E-state index in [4.69, 9.17) is 4.79 Å². The Bertz CT molecular complexity index is 352. The molecule has 2 nitrogen and oxygen atoms in total. The van der Waals surface area contributed by atoms with Crippen molar-refractivity contribution in [1.29, 1.82) is 0 Å². The minimum Gasteiger partial charge on any atom is -0.299 e. The van der Waals surface area contributed by atoms with Gasteiger partial charge in [-0.2, -0.15) is 0 Å². The number of hydrogen-bond donors (Lipinski definition) is 0. The maximum atomic E-state index is 9.06. The average molecular weight is 185 g/mol. The van der Waals surface area contributed by atoms with E-state index in [1.807, 2.05) is 30.5 Å². The number of rotatable bonds is 1. The van der Waals surface area contributed by atoms with E-state index in [1.54, 1.807) is 0 Å². The highest BCUT2D eigenvalue weighted by atomic mass is 16.1. The number of pyridine rings is 1.